The summed E-state index contributed by atoms with van der Waals surface area (Å²) in [6, 6.07) is 7.45. The number of aliphatic imine (C=N–C) groups is 1. The lowest BCUT2D eigenvalue weighted by molar-refractivity contribution is 0.0695. The summed E-state index contributed by atoms with van der Waals surface area (Å²) in [5, 5.41) is 14.3. The van der Waals surface area contributed by atoms with Crippen molar-refractivity contribution in [3.63, 3.8) is 0 Å². The van der Waals surface area contributed by atoms with Crippen LogP contribution in [0.3, 0.4) is 0 Å². The van der Waals surface area contributed by atoms with Gasteiger partial charge in [0.25, 0.3) is 0 Å². The second kappa shape index (κ2) is 7.83. The highest BCUT2D eigenvalue weighted by Gasteiger charge is 2.42. The third-order valence-electron chi connectivity index (χ3n) is 6.17. The second-order valence-electron chi connectivity index (χ2n) is 7.87. The molecule has 1 aliphatic carbocycles. The number of anilines is 1. The van der Waals surface area contributed by atoms with Gasteiger partial charge in [0.05, 0.1) is 16.8 Å². The number of hydrogen-bond acceptors (Lipinski definition) is 3. The Hall–Kier alpha value is -3.58. The van der Waals surface area contributed by atoms with E-state index in [2.05, 4.69) is 23.4 Å². The highest BCUT2D eigenvalue weighted by Crippen LogP contribution is 2.43. The maximum Gasteiger partial charge on any atom is 0.335 e. The van der Waals surface area contributed by atoms with Crippen LogP contribution in [0.25, 0.3) is 5.57 Å². The van der Waals surface area contributed by atoms with Crippen molar-refractivity contribution in [2.45, 2.75) is 6.55 Å². The third kappa shape index (κ3) is 3.17. The van der Waals surface area contributed by atoms with Crippen LogP contribution in [0.1, 0.15) is 21.5 Å². The Morgan fingerprint density at radius 2 is 1.88 bits per heavy atom. The first kappa shape index (κ1) is 21.6. The number of halogens is 2. The summed E-state index contributed by atoms with van der Waals surface area (Å²) in [5.74, 6) is -3.22. The Morgan fingerprint density at radius 3 is 2.44 bits per heavy atom. The molecule has 2 aromatic rings. The molecule has 1 aliphatic heterocycles. The van der Waals surface area contributed by atoms with E-state index in [9.17, 15) is 9.90 Å². The number of aromatic carboxylic acids is 1. The lowest BCUT2D eigenvalue weighted by atomic mass is 9.88. The van der Waals surface area contributed by atoms with E-state index in [0.29, 0.717) is 16.7 Å². The van der Waals surface area contributed by atoms with Crippen LogP contribution in [0.2, 0.25) is 6.55 Å². The van der Waals surface area contributed by atoms with Crippen molar-refractivity contribution in [3.05, 3.63) is 99.9 Å². The summed E-state index contributed by atoms with van der Waals surface area (Å²) >= 11 is 0. The van der Waals surface area contributed by atoms with Crippen LogP contribution in [0.4, 0.5) is 14.5 Å². The molecule has 0 fully saturated rings. The molecule has 1 heterocycles. The second-order valence-corrected chi connectivity index (χ2v) is 11.8. The molecule has 32 heavy (non-hydrogen) atoms. The van der Waals surface area contributed by atoms with Crippen molar-refractivity contribution in [1.82, 2.24) is 0 Å². The Bertz CT molecular complexity index is 1280. The first-order valence-electron chi connectivity index (χ1n) is 10.1. The fraction of sp³-hybridized carbons (Fsp3) is 0.120. The monoisotopic (exact) mass is 448 g/mol. The van der Waals surface area contributed by atoms with Gasteiger partial charge in [0.15, 0.2) is 0 Å². The van der Waals surface area contributed by atoms with E-state index in [1.807, 2.05) is 49.2 Å². The van der Waals surface area contributed by atoms with E-state index in [0.717, 1.165) is 33.9 Å². The molecular weight excluding hydrogens is 426 g/mol. The van der Waals surface area contributed by atoms with Gasteiger partial charge in [-0.1, -0.05) is 24.4 Å². The van der Waals surface area contributed by atoms with E-state index in [4.69, 9.17) is 0 Å². The molecule has 4 rings (SSSR count). The topological polar surface area (TPSA) is 61.7 Å². The van der Waals surface area contributed by atoms with Crippen LogP contribution in [0.5, 0.6) is 0 Å². The van der Waals surface area contributed by atoms with Crippen molar-refractivity contribution >= 4 is 36.2 Å². The van der Waals surface area contributed by atoms with E-state index < -0.39 is 31.2 Å². The average Bonchev–Trinajstić information content (AvgIpc) is 2.79. The quantitative estimate of drug-likeness (QED) is 0.670. The predicted octanol–water partition coefficient (Wildman–Crippen LogP) is 4.64. The van der Waals surface area contributed by atoms with Crippen LogP contribution in [-0.2, 0) is 0 Å². The highest BCUT2D eigenvalue weighted by atomic mass is 28.3. The number of allylic oxidation sites excluding steroid dienone is 5. The smallest absolute Gasteiger partial charge is 0.335 e. The first-order chi connectivity index (χ1) is 15.2. The number of nitrogens with one attached hydrogen (secondary N) is 1. The first-order valence-corrected chi connectivity index (χ1v) is 12.6. The fourth-order valence-corrected chi connectivity index (χ4v) is 7.55. The van der Waals surface area contributed by atoms with E-state index in [-0.39, 0.29) is 5.56 Å². The number of nitrogens with zero attached hydrogens (tertiary/aromatic N) is 1. The number of carboxylic acid groups (broad SMARTS) is 1. The van der Waals surface area contributed by atoms with Crippen LogP contribution in [-0.4, -0.2) is 39.0 Å². The predicted molar refractivity (Wildman–Crippen MR) is 127 cm³/mol. The zero-order valence-corrected chi connectivity index (χ0v) is 19.0. The van der Waals surface area contributed by atoms with Gasteiger partial charge in [-0.25, -0.2) is 13.6 Å². The molecular formula is C25H22F2N2O2Si. The molecule has 2 aromatic carbocycles. The molecule has 0 amide bonds. The summed E-state index contributed by atoms with van der Waals surface area (Å²) in [4.78, 5) is 15.6. The molecule has 0 bridgehead atoms. The third-order valence-corrected chi connectivity index (χ3v) is 10.1. The van der Waals surface area contributed by atoms with Crippen molar-refractivity contribution in [2.24, 2.45) is 4.99 Å². The van der Waals surface area contributed by atoms with E-state index in [1.165, 1.54) is 0 Å². The van der Waals surface area contributed by atoms with Crippen molar-refractivity contribution in [3.8, 4) is 0 Å². The lowest BCUT2D eigenvalue weighted by Crippen LogP contribution is -2.50. The maximum absolute atomic E-state index is 15.2. The zero-order chi connectivity index (χ0) is 23.2. The molecule has 0 saturated carbocycles. The molecule has 0 saturated heterocycles. The fourth-order valence-electron chi connectivity index (χ4n) is 4.38. The molecule has 7 heteroatoms. The van der Waals surface area contributed by atoms with Crippen LogP contribution in [0.15, 0.2) is 76.6 Å². The van der Waals surface area contributed by atoms with Crippen molar-refractivity contribution < 1.29 is 18.7 Å². The number of rotatable bonds is 4. The van der Waals surface area contributed by atoms with Gasteiger partial charge in [-0.15, -0.1) is 6.58 Å². The van der Waals surface area contributed by atoms with Gasteiger partial charge in [0, 0.05) is 25.4 Å². The number of hydrogen-bond donors (Lipinski definition) is 2. The van der Waals surface area contributed by atoms with Gasteiger partial charge in [-0.3, -0.25) is 4.99 Å². The summed E-state index contributed by atoms with van der Waals surface area (Å²) in [6.45, 7) is 6.26. The minimum Gasteiger partial charge on any atom is -0.478 e. The molecule has 4 nitrogen and oxygen atoms in total. The SMILES string of the molecule is C=C[Si]1(C)C2=CC(=NC)C=CC2=C(c2c(F)cc(C(=O)O)cc2F)c2ccc(NC)cc21. The number of carboxylic acids is 1. The standard InChI is InChI=1S/C25H22F2N2O2Si/c1-5-32(4)21-12-15(28-2)6-8-17(21)23(18-9-7-16(29-3)13-22(18)32)24-19(26)10-14(25(30)31)11-20(24)27/h5-13,28H,1H2,2-4H3,(H,30,31). The van der Waals surface area contributed by atoms with Gasteiger partial charge in [0.2, 0.25) is 0 Å². The summed E-state index contributed by atoms with van der Waals surface area (Å²) in [6.07, 6.45) is 5.60. The van der Waals surface area contributed by atoms with Crippen molar-refractivity contribution in [2.75, 3.05) is 19.4 Å². The van der Waals surface area contributed by atoms with E-state index in [1.54, 1.807) is 7.05 Å². The lowest BCUT2D eigenvalue weighted by Gasteiger charge is -2.38. The molecule has 0 aromatic heterocycles. The largest absolute Gasteiger partial charge is 0.478 e. The minimum absolute atomic E-state index is 0.240. The average molecular weight is 449 g/mol. The molecule has 2 N–H and O–H groups in total. The molecule has 0 radical (unpaired) electrons. The Morgan fingerprint density at radius 1 is 1.19 bits per heavy atom. The molecule has 1 atom stereocenters. The summed E-state index contributed by atoms with van der Waals surface area (Å²) < 4.78 is 30.5. The number of fused-ring (bicyclic) bond motifs is 2. The van der Waals surface area contributed by atoms with Crippen LogP contribution >= 0.6 is 0 Å². The molecule has 0 spiro atoms. The Balaban J connectivity index is 2.15. The van der Waals surface area contributed by atoms with Crippen LogP contribution in [0, 0.1) is 11.6 Å². The molecule has 1 unspecified atom stereocenters. The zero-order valence-electron chi connectivity index (χ0n) is 18.0. The van der Waals surface area contributed by atoms with Gasteiger partial charge in [-0.05, 0) is 57.9 Å². The summed E-state index contributed by atoms with van der Waals surface area (Å²) in [5.41, 5.74) is 4.75. The molecule has 2 aliphatic rings. The minimum atomic E-state index is -2.48. The van der Waals surface area contributed by atoms with E-state index >= 15 is 8.78 Å². The maximum atomic E-state index is 15.2. The van der Waals surface area contributed by atoms with Gasteiger partial charge < -0.3 is 10.4 Å². The van der Waals surface area contributed by atoms with Gasteiger partial charge >= 0.3 is 5.97 Å². The number of benzene rings is 2. The summed E-state index contributed by atoms with van der Waals surface area (Å²) in [7, 11) is 1.03. The number of carbonyl (C=O) groups is 1. The van der Waals surface area contributed by atoms with Crippen molar-refractivity contribution in [1.29, 1.82) is 0 Å². The normalized spacial score (nSPS) is 20.5. The van der Waals surface area contributed by atoms with Crippen LogP contribution < -0.4 is 10.5 Å². The Labute approximate surface area is 186 Å². The Kier molecular flexibility index (Phi) is 5.30. The highest BCUT2D eigenvalue weighted by molar-refractivity contribution is 7.02. The van der Waals surface area contributed by atoms with Gasteiger partial charge in [-0.2, -0.15) is 0 Å². The van der Waals surface area contributed by atoms with Gasteiger partial charge in [0.1, 0.15) is 19.7 Å². The molecule has 162 valence electrons.